The second-order valence-corrected chi connectivity index (χ2v) is 7.54. The average Bonchev–Trinajstić information content (AvgIpc) is 2.47. The number of likely N-dealkylation sites (tertiary alicyclic amines) is 1. The Labute approximate surface area is 130 Å². The zero-order valence-corrected chi connectivity index (χ0v) is 13.8. The van der Waals surface area contributed by atoms with Crippen LogP contribution in [0.3, 0.4) is 0 Å². The van der Waals surface area contributed by atoms with E-state index in [2.05, 4.69) is 33.0 Å². The molecule has 0 unspecified atom stereocenters. The van der Waals surface area contributed by atoms with Gasteiger partial charge in [-0.1, -0.05) is 35.2 Å². The van der Waals surface area contributed by atoms with E-state index in [0.717, 1.165) is 12.2 Å². The lowest BCUT2D eigenvalue weighted by molar-refractivity contribution is 0.0640. The number of hydrogen-bond donors (Lipinski definition) is 1. The predicted octanol–water partition coefficient (Wildman–Crippen LogP) is 4.58. The van der Waals surface area contributed by atoms with Crippen molar-refractivity contribution in [3.8, 4) is 0 Å². The summed E-state index contributed by atoms with van der Waals surface area (Å²) >= 11 is 3.65. The topological polar surface area (TPSA) is 29.3 Å². The van der Waals surface area contributed by atoms with Gasteiger partial charge < -0.3 is 5.73 Å². The van der Waals surface area contributed by atoms with Crippen LogP contribution in [0.5, 0.6) is 0 Å². The predicted molar refractivity (Wildman–Crippen MR) is 88.6 cm³/mol. The second-order valence-electron chi connectivity index (χ2n) is 6.69. The largest absolute Gasteiger partial charge is 0.399 e. The Morgan fingerprint density at radius 3 is 2.45 bits per heavy atom. The molecule has 0 atom stereocenters. The minimum Gasteiger partial charge on any atom is -0.399 e. The lowest BCUT2D eigenvalue weighted by Crippen LogP contribution is -2.40. The van der Waals surface area contributed by atoms with Crippen LogP contribution in [0.1, 0.15) is 50.5 Å². The van der Waals surface area contributed by atoms with E-state index < -0.39 is 0 Å². The fourth-order valence-electron chi connectivity index (χ4n) is 3.94. The molecule has 1 saturated carbocycles. The summed E-state index contributed by atoms with van der Waals surface area (Å²) < 4.78 is 1.18. The first kappa shape index (κ1) is 14.4. The molecule has 20 heavy (non-hydrogen) atoms. The number of nitrogens with zero attached hydrogens (tertiary/aromatic N) is 1. The summed E-state index contributed by atoms with van der Waals surface area (Å²) in [5, 5.41) is 0. The van der Waals surface area contributed by atoms with Crippen LogP contribution in [0.15, 0.2) is 22.7 Å². The number of piperidine rings is 1. The first-order valence-corrected chi connectivity index (χ1v) is 8.73. The van der Waals surface area contributed by atoms with Crippen molar-refractivity contribution >= 4 is 21.6 Å². The normalized spacial score (nSPS) is 23.1. The lowest BCUT2D eigenvalue weighted by atomic mass is 9.68. The highest BCUT2D eigenvalue weighted by Gasteiger charge is 2.35. The Bertz CT molecular complexity index is 456. The zero-order valence-electron chi connectivity index (χ0n) is 12.2. The molecule has 0 amide bonds. The Balaban J connectivity index is 1.59. The van der Waals surface area contributed by atoms with Crippen molar-refractivity contribution in [2.24, 2.45) is 5.41 Å². The van der Waals surface area contributed by atoms with Crippen molar-refractivity contribution in [1.82, 2.24) is 4.90 Å². The van der Waals surface area contributed by atoms with Crippen LogP contribution >= 0.6 is 15.9 Å². The Morgan fingerprint density at radius 2 is 1.75 bits per heavy atom. The van der Waals surface area contributed by atoms with Crippen molar-refractivity contribution in [3.05, 3.63) is 28.2 Å². The fourth-order valence-corrected chi connectivity index (χ4v) is 4.32. The molecule has 2 fully saturated rings. The molecule has 3 heteroatoms. The van der Waals surface area contributed by atoms with E-state index in [9.17, 15) is 0 Å². The molecule has 1 aliphatic heterocycles. The average molecular weight is 337 g/mol. The summed E-state index contributed by atoms with van der Waals surface area (Å²) in [5.41, 5.74) is 8.79. The number of anilines is 1. The van der Waals surface area contributed by atoms with Gasteiger partial charge in [0.25, 0.3) is 0 Å². The first-order chi connectivity index (χ1) is 9.67. The van der Waals surface area contributed by atoms with Crippen molar-refractivity contribution in [2.75, 3.05) is 18.8 Å². The summed E-state index contributed by atoms with van der Waals surface area (Å²) in [5.74, 6) is 0. The summed E-state index contributed by atoms with van der Waals surface area (Å²) in [6, 6.07) is 6.13. The van der Waals surface area contributed by atoms with Crippen molar-refractivity contribution < 1.29 is 0 Å². The molecule has 3 rings (SSSR count). The van der Waals surface area contributed by atoms with E-state index in [4.69, 9.17) is 5.73 Å². The quantitative estimate of drug-likeness (QED) is 0.801. The number of nitrogens with two attached hydrogens (primary N) is 1. The number of rotatable bonds is 2. The van der Waals surface area contributed by atoms with Crippen LogP contribution in [-0.4, -0.2) is 18.0 Å². The van der Waals surface area contributed by atoms with Gasteiger partial charge in [0, 0.05) is 16.7 Å². The van der Waals surface area contributed by atoms with Crippen LogP contribution in [0, 0.1) is 5.41 Å². The van der Waals surface area contributed by atoms with Crippen LogP contribution in [-0.2, 0) is 6.54 Å². The zero-order chi connectivity index (χ0) is 14.0. The van der Waals surface area contributed by atoms with Gasteiger partial charge in [0.1, 0.15) is 0 Å². The van der Waals surface area contributed by atoms with Crippen molar-refractivity contribution in [3.63, 3.8) is 0 Å². The van der Waals surface area contributed by atoms with Gasteiger partial charge in [-0.25, -0.2) is 0 Å². The third kappa shape index (κ3) is 3.20. The Kier molecular flexibility index (Phi) is 4.37. The molecule has 1 spiro atoms. The van der Waals surface area contributed by atoms with Crippen LogP contribution in [0.2, 0.25) is 0 Å². The monoisotopic (exact) mass is 336 g/mol. The van der Waals surface area contributed by atoms with Gasteiger partial charge in [0.05, 0.1) is 0 Å². The van der Waals surface area contributed by atoms with E-state index in [-0.39, 0.29) is 0 Å². The standard InChI is InChI=1S/C17H25BrN2/c18-16-5-4-15(19)12-14(16)13-20-10-8-17(9-11-20)6-2-1-3-7-17/h4-5,12H,1-3,6-11,13,19H2. The maximum atomic E-state index is 5.91. The molecule has 1 aliphatic carbocycles. The third-order valence-corrected chi connectivity index (χ3v) is 6.07. The van der Waals surface area contributed by atoms with E-state index in [1.165, 1.54) is 68.1 Å². The Hall–Kier alpha value is -0.540. The lowest BCUT2D eigenvalue weighted by Gasteiger charge is -2.44. The molecule has 1 aromatic carbocycles. The van der Waals surface area contributed by atoms with Gasteiger partial charge in [0.2, 0.25) is 0 Å². The van der Waals surface area contributed by atoms with Gasteiger partial charge in [0.15, 0.2) is 0 Å². The number of nitrogen functional groups attached to an aromatic ring is 1. The van der Waals surface area contributed by atoms with Gasteiger partial charge in [-0.3, -0.25) is 4.90 Å². The number of halogens is 1. The molecule has 1 heterocycles. The summed E-state index contributed by atoms with van der Waals surface area (Å²) in [6.07, 6.45) is 10.1. The van der Waals surface area contributed by atoms with Crippen molar-refractivity contribution in [2.45, 2.75) is 51.5 Å². The van der Waals surface area contributed by atoms with Gasteiger partial charge >= 0.3 is 0 Å². The second kappa shape index (κ2) is 6.07. The minimum atomic E-state index is 0.696. The first-order valence-electron chi connectivity index (χ1n) is 7.93. The molecule has 110 valence electrons. The van der Waals surface area contributed by atoms with Crippen molar-refractivity contribution in [1.29, 1.82) is 0 Å². The molecule has 1 aromatic rings. The van der Waals surface area contributed by atoms with Gasteiger partial charge in [-0.2, -0.15) is 0 Å². The van der Waals surface area contributed by atoms with Crippen LogP contribution in [0.4, 0.5) is 5.69 Å². The maximum absolute atomic E-state index is 5.91. The maximum Gasteiger partial charge on any atom is 0.0318 e. The Morgan fingerprint density at radius 1 is 1.05 bits per heavy atom. The van der Waals surface area contributed by atoms with Gasteiger partial charge in [-0.15, -0.1) is 0 Å². The third-order valence-electron chi connectivity index (χ3n) is 5.29. The van der Waals surface area contributed by atoms with E-state index in [1.807, 2.05) is 6.07 Å². The molecule has 0 radical (unpaired) electrons. The highest BCUT2D eigenvalue weighted by molar-refractivity contribution is 9.10. The van der Waals surface area contributed by atoms with E-state index >= 15 is 0 Å². The summed E-state index contributed by atoms with van der Waals surface area (Å²) in [6.45, 7) is 3.53. The SMILES string of the molecule is Nc1ccc(Br)c(CN2CCC3(CCCCC3)CC2)c1. The molecule has 0 bridgehead atoms. The highest BCUT2D eigenvalue weighted by Crippen LogP contribution is 2.44. The molecule has 0 aromatic heterocycles. The molecule has 1 saturated heterocycles. The molecular weight excluding hydrogens is 312 g/mol. The van der Waals surface area contributed by atoms with Gasteiger partial charge in [-0.05, 0) is 68.0 Å². The smallest absolute Gasteiger partial charge is 0.0318 e. The van der Waals surface area contributed by atoms with Crippen LogP contribution < -0.4 is 5.73 Å². The molecule has 2 N–H and O–H groups in total. The summed E-state index contributed by atoms with van der Waals surface area (Å²) in [4.78, 5) is 2.60. The van der Waals surface area contributed by atoms with E-state index in [1.54, 1.807) is 0 Å². The van der Waals surface area contributed by atoms with E-state index in [0.29, 0.717) is 5.41 Å². The number of benzene rings is 1. The summed E-state index contributed by atoms with van der Waals surface area (Å²) in [7, 11) is 0. The molecule has 2 aliphatic rings. The highest BCUT2D eigenvalue weighted by atomic mass is 79.9. The minimum absolute atomic E-state index is 0.696. The fraction of sp³-hybridized carbons (Fsp3) is 0.647. The molecular formula is C17H25BrN2. The number of hydrogen-bond acceptors (Lipinski definition) is 2. The molecule has 2 nitrogen and oxygen atoms in total. The van der Waals surface area contributed by atoms with Crippen LogP contribution in [0.25, 0.3) is 0 Å².